The molecule has 0 aromatic rings. The van der Waals surface area contributed by atoms with Gasteiger partial charge in [0, 0.05) is 6.54 Å². The highest BCUT2D eigenvalue weighted by Gasteiger charge is 2.29. The van der Waals surface area contributed by atoms with Crippen molar-refractivity contribution >= 4 is 5.97 Å². The Labute approximate surface area is 92.6 Å². The van der Waals surface area contributed by atoms with E-state index in [0.717, 1.165) is 25.9 Å². The second-order valence-corrected chi connectivity index (χ2v) is 5.40. The molecule has 2 atom stereocenters. The average Bonchev–Trinajstić information content (AvgIpc) is 2.15. The summed E-state index contributed by atoms with van der Waals surface area (Å²) in [5.74, 6) is 0.618. The average molecular weight is 213 g/mol. The number of esters is 1. The second-order valence-electron chi connectivity index (χ2n) is 5.40. The van der Waals surface area contributed by atoms with Gasteiger partial charge < -0.3 is 10.1 Å². The summed E-state index contributed by atoms with van der Waals surface area (Å²) < 4.78 is 5.39. The van der Waals surface area contributed by atoms with E-state index in [9.17, 15) is 4.79 Å². The monoisotopic (exact) mass is 213 g/mol. The van der Waals surface area contributed by atoms with Gasteiger partial charge in [-0.25, -0.2) is 0 Å². The van der Waals surface area contributed by atoms with Crippen molar-refractivity contribution in [1.29, 1.82) is 0 Å². The van der Waals surface area contributed by atoms with Crippen molar-refractivity contribution in [3.8, 4) is 0 Å². The maximum atomic E-state index is 11.8. The van der Waals surface area contributed by atoms with Gasteiger partial charge in [-0.05, 0) is 39.7 Å². The van der Waals surface area contributed by atoms with Gasteiger partial charge in [0.2, 0.25) is 0 Å². The maximum absolute atomic E-state index is 11.8. The SMILES string of the molecule is CCC1CNCC(C(=O)OC(C)(C)C)C1. The third-order valence-electron chi connectivity index (χ3n) is 2.76. The van der Waals surface area contributed by atoms with Gasteiger partial charge in [0.1, 0.15) is 5.60 Å². The van der Waals surface area contributed by atoms with E-state index in [1.165, 1.54) is 0 Å². The lowest BCUT2D eigenvalue weighted by Gasteiger charge is -2.30. The fourth-order valence-electron chi connectivity index (χ4n) is 1.91. The van der Waals surface area contributed by atoms with Crippen molar-refractivity contribution in [3.63, 3.8) is 0 Å². The van der Waals surface area contributed by atoms with E-state index < -0.39 is 0 Å². The van der Waals surface area contributed by atoms with Crippen LogP contribution in [0.4, 0.5) is 0 Å². The van der Waals surface area contributed by atoms with Crippen LogP contribution < -0.4 is 5.32 Å². The molecule has 0 bridgehead atoms. The molecule has 0 aliphatic carbocycles. The zero-order valence-electron chi connectivity index (χ0n) is 10.3. The van der Waals surface area contributed by atoms with Crippen molar-refractivity contribution in [2.45, 2.75) is 46.1 Å². The van der Waals surface area contributed by atoms with Crippen LogP contribution in [0.2, 0.25) is 0 Å². The summed E-state index contributed by atoms with van der Waals surface area (Å²) in [5.41, 5.74) is -0.365. The van der Waals surface area contributed by atoms with Crippen LogP contribution in [-0.2, 0) is 9.53 Å². The van der Waals surface area contributed by atoms with Crippen LogP contribution in [0.1, 0.15) is 40.5 Å². The van der Waals surface area contributed by atoms with Crippen molar-refractivity contribution in [2.24, 2.45) is 11.8 Å². The largest absolute Gasteiger partial charge is 0.460 e. The predicted molar refractivity (Wildman–Crippen MR) is 60.6 cm³/mol. The van der Waals surface area contributed by atoms with E-state index in [0.29, 0.717) is 5.92 Å². The zero-order valence-corrected chi connectivity index (χ0v) is 10.3. The molecule has 88 valence electrons. The van der Waals surface area contributed by atoms with Gasteiger partial charge in [-0.15, -0.1) is 0 Å². The Balaban J connectivity index is 2.45. The fourth-order valence-corrected chi connectivity index (χ4v) is 1.91. The number of rotatable bonds is 2. The molecule has 3 nitrogen and oxygen atoms in total. The van der Waals surface area contributed by atoms with Crippen LogP contribution in [0.25, 0.3) is 0 Å². The van der Waals surface area contributed by atoms with Gasteiger partial charge in [-0.1, -0.05) is 13.3 Å². The minimum absolute atomic E-state index is 0.0444. The number of hydrogen-bond donors (Lipinski definition) is 1. The van der Waals surface area contributed by atoms with E-state index >= 15 is 0 Å². The molecule has 1 heterocycles. The Morgan fingerprint density at radius 2 is 2.07 bits per heavy atom. The summed E-state index contributed by atoms with van der Waals surface area (Å²) in [6, 6.07) is 0. The van der Waals surface area contributed by atoms with Crippen LogP contribution >= 0.6 is 0 Å². The zero-order chi connectivity index (χ0) is 11.5. The highest BCUT2D eigenvalue weighted by Crippen LogP contribution is 2.22. The molecule has 1 saturated heterocycles. The Morgan fingerprint density at radius 3 is 2.60 bits per heavy atom. The van der Waals surface area contributed by atoms with Crippen LogP contribution in [0.5, 0.6) is 0 Å². The Bertz CT molecular complexity index is 220. The normalized spacial score (nSPS) is 27.5. The summed E-state index contributed by atoms with van der Waals surface area (Å²) in [7, 11) is 0. The smallest absolute Gasteiger partial charge is 0.310 e. The Kier molecular flexibility index (Phi) is 4.14. The molecular weight excluding hydrogens is 190 g/mol. The lowest BCUT2D eigenvalue weighted by molar-refractivity contribution is -0.161. The summed E-state index contributed by atoms with van der Waals surface area (Å²) in [6.45, 7) is 9.72. The van der Waals surface area contributed by atoms with Crippen molar-refractivity contribution in [1.82, 2.24) is 5.32 Å². The summed E-state index contributed by atoms with van der Waals surface area (Å²) >= 11 is 0. The number of piperidine rings is 1. The first-order chi connectivity index (χ1) is 6.92. The standard InChI is InChI=1S/C12H23NO2/c1-5-9-6-10(8-13-7-9)11(14)15-12(2,3)4/h9-10,13H,5-8H2,1-4H3. The van der Waals surface area contributed by atoms with Gasteiger partial charge in [-0.3, -0.25) is 4.79 Å². The molecule has 1 N–H and O–H groups in total. The third kappa shape index (κ3) is 4.20. The number of hydrogen-bond acceptors (Lipinski definition) is 3. The number of carbonyl (C=O) groups excluding carboxylic acids is 1. The predicted octanol–water partition coefficient (Wildman–Crippen LogP) is 1.96. The molecule has 0 spiro atoms. The van der Waals surface area contributed by atoms with Crippen molar-refractivity contribution < 1.29 is 9.53 Å². The molecule has 0 aromatic heterocycles. The van der Waals surface area contributed by atoms with E-state index in [1.807, 2.05) is 20.8 Å². The van der Waals surface area contributed by atoms with Crippen LogP contribution in [0.15, 0.2) is 0 Å². The van der Waals surface area contributed by atoms with Gasteiger partial charge in [0.15, 0.2) is 0 Å². The minimum atomic E-state index is -0.365. The Hall–Kier alpha value is -0.570. The molecule has 1 aliphatic heterocycles. The molecule has 3 heteroatoms. The second kappa shape index (κ2) is 4.97. The van der Waals surface area contributed by atoms with Gasteiger partial charge in [-0.2, -0.15) is 0 Å². The third-order valence-corrected chi connectivity index (χ3v) is 2.76. The number of ether oxygens (including phenoxy) is 1. The highest BCUT2D eigenvalue weighted by molar-refractivity contribution is 5.73. The van der Waals surface area contributed by atoms with E-state index in [4.69, 9.17) is 4.74 Å². The quantitative estimate of drug-likeness (QED) is 0.713. The van der Waals surface area contributed by atoms with Crippen molar-refractivity contribution in [2.75, 3.05) is 13.1 Å². The molecule has 0 saturated carbocycles. The van der Waals surface area contributed by atoms with Crippen LogP contribution in [0, 0.1) is 11.8 Å². The van der Waals surface area contributed by atoms with E-state index in [2.05, 4.69) is 12.2 Å². The molecule has 0 amide bonds. The molecule has 1 rings (SSSR count). The lowest BCUT2D eigenvalue weighted by Crippen LogP contribution is -2.42. The molecule has 1 aliphatic rings. The van der Waals surface area contributed by atoms with Crippen LogP contribution in [-0.4, -0.2) is 24.7 Å². The molecule has 1 fully saturated rings. The highest BCUT2D eigenvalue weighted by atomic mass is 16.6. The molecule has 0 radical (unpaired) electrons. The number of carbonyl (C=O) groups is 1. The van der Waals surface area contributed by atoms with Crippen LogP contribution in [0.3, 0.4) is 0 Å². The Morgan fingerprint density at radius 1 is 1.40 bits per heavy atom. The molecule has 2 unspecified atom stereocenters. The van der Waals surface area contributed by atoms with Crippen molar-refractivity contribution in [3.05, 3.63) is 0 Å². The fraction of sp³-hybridized carbons (Fsp3) is 0.917. The molecule has 0 aromatic carbocycles. The first-order valence-corrected chi connectivity index (χ1v) is 5.86. The van der Waals surface area contributed by atoms with Gasteiger partial charge >= 0.3 is 5.97 Å². The summed E-state index contributed by atoms with van der Waals surface area (Å²) in [6.07, 6.45) is 2.10. The topological polar surface area (TPSA) is 38.3 Å². The van der Waals surface area contributed by atoms with Gasteiger partial charge in [0.05, 0.1) is 5.92 Å². The van der Waals surface area contributed by atoms with Gasteiger partial charge in [0.25, 0.3) is 0 Å². The first kappa shape index (κ1) is 12.5. The van der Waals surface area contributed by atoms with E-state index in [1.54, 1.807) is 0 Å². The minimum Gasteiger partial charge on any atom is -0.460 e. The number of nitrogens with one attached hydrogen (secondary N) is 1. The van der Waals surface area contributed by atoms with E-state index in [-0.39, 0.29) is 17.5 Å². The summed E-state index contributed by atoms with van der Waals surface area (Å²) in [4.78, 5) is 11.8. The lowest BCUT2D eigenvalue weighted by atomic mass is 9.89. The summed E-state index contributed by atoms with van der Waals surface area (Å²) in [5, 5.41) is 3.30. The first-order valence-electron chi connectivity index (χ1n) is 5.86. The molecular formula is C12H23NO2. The molecule has 15 heavy (non-hydrogen) atoms. The maximum Gasteiger partial charge on any atom is 0.310 e.